The molecule has 2 nitrogen and oxygen atoms in total. The molecule has 0 radical (unpaired) electrons. The summed E-state index contributed by atoms with van der Waals surface area (Å²) in [5.41, 5.74) is 2.57. The second-order valence-corrected chi connectivity index (χ2v) is 2.13. The highest BCUT2D eigenvalue weighted by Crippen LogP contribution is 2.01. The van der Waals surface area contributed by atoms with Crippen LogP contribution in [0, 0.1) is 0 Å². The highest BCUT2D eigenvalue weighted by Gasteiger charge is 1.83. The second kappa shape index (κ2) is 3.14. The number of nitrogens with zero attached hydrogens (tertiary/aromatic N) is 1. The molecule has 0 aromatic carbocycles. The van der Waals surface area contributed by atoms with Gasteiger partial charge in [0, 0.05) is 5.38 Å². The van der Waals surface area contributed by atoms with E-state index < -0.39 is 0 Å². The average Bonchev–Trinajstić information content (AvgIpc) is 2.34. The highest BCUT2D eigenvalue weighted by molar-refractivity contribution is 7.07. The average molecular weight is 139 g/mol. The van der Waals surface area contributed by atoms with E-state index in [0.29, 0.717) is 0 Å². The Morgan fingerprint density at radius 1 is 1.67 bits per heavy atom. The zero-order valence-corrected chi connectivity index (χ0v) is 5.47. The molecule has 0 N–H and O–H groups in total. The van der Waals surface area contributed by atoms with Gasteiger partial charge in [0.25, 0.3) is 0 Å². The van der Waals surface area contributed by atoms with Crippen molar-refractivity contribution < 1.29 is 4.79 Å². The summed E-state index contributed by atoms with van der Waals surface area (Å²) in [6.45, 7) is 0. The maximum atomic E-state index is 9.79. The number of aldehydes is 1. The van der Waals surface area contributed by atoms with Crippen LogP contribution in [0.25, 0.3) is 6.08 Å². The van der Waals surface area contributed by atoms with Gasteiger partial charge < -0.3 is 0 Å². The zero-order chi connectivity index (χ0) is 6.53. The molecular formula is C6H5NOS. The maximum Gasteiger partial charge on any atom is 0.142 e. The van der Waals surface area contributed by atoms with E-state index in [4.69, 9.17) is 0 Å². The Morgan fingerprint density at radius 2 is 2.56 bits per heavy atom. The summed E-state index contributed by atoms with van der Waals surface area (Å²) >= 11 is 1.51. The van der Waals surface area contributed by atoms with Crippen LogP contribution in [0.3, 0.4) is 0 Å². The van der Waals surface area contributed by atoms with Crippen LogP contribution in [0.1, 0.15) is 5.69 Å². The lowest BCUT2D eigenvalue weighted by molar-refractivity contribution is -0.104. The van der Waals surface area contributed by atoms with Crippen LogP contribution in [-0.4, -0.2) is 11.3 Å². The van der Waals surface area contributed by atoms with Crippen molar-refractivity contribution in [1.82, 2.24) is 4.98 Å². The minimum atomic E-state index is 0.735. The molecule has 0 aliphatic heterocycles. The topological polar surface area (TPSA) is 30.0 Å². The van der Waals surface area contributed by atoms with Crippen molar-refractivity contribution in [2.75, 3.05) is 0 Å². The molecule has 1 heterocycles. The molecule has 0 bridgehead atoms. The number of thiazole rings is 1. The van der Waals surface area contributed by atoms with Crippen LogP contribution >= 0.6 is 11.3 Å². The van der Waals surface area contributed by atoms with Crippen LogP contribution in [0.5, 0.6) is 0 Å². The van der Waals surface area contributed by atoms with Gasteiger partial charge in [-0.15, -0.1) is 11.3 Å². The monoisotopic (exact) mass is 139 g/mol. The highest BCUT2D eigenvalue weighted by atomic mass is 32.1. The molecular weight excluding hydrogens is 134 g/mol. The van der Waals surface area contributed by atoms with E-state index in [1.807, 2.05) is 5.38 Å². The molecule has 46 valence electrons. The molecule has 0 saturated carbocycles. The Hall–Kier alpha value is -0.960. The van der Waals surface area contributed by atoms with E-state index in [9.17, 15) is 4.79 Å². The number of aromatic nitrogens is 1. The smallest absolute Gasteiger partial charge is 0.142 e. The van der Waals surface area contributed by atoms with Crippen molar-refractivity contribution in [3.05, 3.63) is 22.7 Å². The number of rotatable bonds is 2. The fourth-order valence-electron chi connectivity index (χ4n) is 0.442. The second-order valence-electron chi connectivity index (χ2n) is 1.41. The maximum absolute atomic E-state index is 9.79. The number of hydrogen-bond donors (Lipinski definition) is 0. The molecule has 0 fully saturated rings. The fraction of sp³-hybridized carbons (Fsp3) is 0. The molecule has 0 unspecified atom stereocenters. The largest absolute Gasteiger partial charge is 0.299 e. The van der Waals surface area contributed by atoms with Crippen molar-refractivity contribution in [2.45, 2.75) is 0 Å². The van der Waals surface area contributed by atoms with Crippen LogP contribution in [0.15, 0.2) is 17.0 Å². The molecule has 1 aromatic heterocycles. The lowest BCUT2D eigenvalue weighted by Gasteiger charge is -1.73. The molecule has 0 amide bonds. The normalized spacial score (nSPS) is 10.2. The predicted molar refractivity (Wildman–Crippen MR) is 37.2 cm³/mol. The molecule has 9 heavy (non-hydrogen) atoms. The number of hydrogen-bond acceptors (Lipinski definition) is 3. The Balaban J connectivity index is 2.67. The van der Waals surface area contributed by atoms with E-state index >= 15 is 0 Å². The van der Waals surface area contributed by atoms with Crippen molar-refractivity contribution in [3.63, 3.8) is 0 Å². The van der Waals surface area contributed by atoms with Gasteiger partial charge in [0.05, 0.1) is 11.2 Å². The summed E-state index contributed by atoms with van der Waals surface area (Å²) in [7, 11) is 0. The molecule has 0 aliphatic rings. The third kappa shape index (κ3) is 1.77. The van der Waals surface area contributed by atoms with Gasteiger partial charge in [-0.2, -0.15) is 0 Å². The lowest BCUT2D eigenvalue weighted by Crippen LogP contribution is -1.66. The first-order chi connectivity index (χ1) is 4.43. The summed E-state index contributed by atoms with van der Waals surface area (Å²) in [6.07, 6.45) is 3.83. The van der Waals surface area contributed by atoms with E-state index in [1.54, 1.807) is 11.6 Å². The minimum Gasteiger partial charge on any atom is -0.299 e. The Bertz CT molecular complexity index is 203. The van der Waals surface area contributed by atoms with Gasteiger partial charge in [-0.05, 0) is 12.2 Å². The summed E-state index contributed by atoms with van der Waals surface area (Å²) in [4.78, 5) is 13.7. The van der Waals surface area contributed by atoms with Crippen molar-refractivity contribution in [3.8, 4) is 0 Å². The van der Waals surface area contributed by atoms with E-state index in [-0.39, 0.29) is 0 Å². The Kier molecular flexibility index (Phi) is 2.15. The fourth-order valence-corrected chi connectivity index (χ4v) is 0.964. The minimum absolute atomic E-state index is 0.735. The van der Waals surface area contributed by atoms with Gasteiger partial charge >= 0.3 is 0 Å². The quantitative estimate of drug-likeness (QED) is 0.457. The number of carbonyl (C=O) groups is 1. The Morgan fingerprint density at radius 3 is 3.11 bits per heavy atom. The standard InChI is InChI=1S/C6H5NOS/c8-3-1-2-6-4-9-5-7-6/h1-5H. The van der Waals surface area contributed by atoms with Crippen LogP contribution in [-0.2, 0) is 4.79 Å². The molecule has 1 aromatic rings. The van der Waals surface area contributed by atoms with Crippen LogP contribution in [0.2, 0.25) is 0 Å². The molecule has 1 rings (SSSR count). The number of carbonyl (C=O) groups excluding carboxylic acids is 1. The lowest BCUT2D eigenvalue weighted by atomic mass is 10.4. The zero-order valence-electron chi connectivity index (χ0n) is 4.65. The van der Waals surface area contributed by atoms with E-state index in [1.165, 1.54) is 17.4 Å². The third-order valence-electron chi connectivity index (χ3n) is 0.797. The number of allylic oxidation sites excluding steroid dienone is 1. The van der Waals surface area contributed by atoms with Crippen molar-refractivity contribution in [1.29, 1.82) is 0 Å². The van der Waals surface area contributed by atoms with Gasteiger partial charge in [0.1, 0.15) is 6.29 Å². The van der Waals surface area contributed by atoms with Crippen LogP contribution < -0.4 is 0 Å². The molecule has 0 saturated heterocycles. The van der Waals surface area contributed by atoms with Gasteiger partial charge in [-0.3, -0.25) is 4.79 Å². The molecule has 3 heteroatoms. The third-order valence-corrected chi connectivity index (χ3v) is 1.40. The molecule has 0 spiro atoms. The molecule has 0 aliphatic carbocycles. The summed E-state index contributed by atoms with van der Waals surface area (Å²) in [5.74, 6) is 0. The first-order valence-electron chi connectivity index (χ1n) is 2.43. The molecule has 0 atom stereocenters. The van der Waals surface area contributed by atoms with Crippen LogP contribution in [0.4, 0.5) is 0 Å². The Labute approximate surface area is 56.9 Å². The van der Waals surface area contributed by atoms with Crippen molar-refractivity contribution >= 4 is 23.7 Å². The van der Waals surface area contributed by atoms with Gasteiger partial charge in [-0.1, -0.05) is 0 Å². The predicted octanol–water partition coefficient (Wildman–Crippen LogP) is 1.36. The summed E-state index contributed by atoms with van der Waals surface area (Å²) < 4.78 is 0. The van der Waals surface area contributed by atoms with Gasteiger partial charge in [-0.25, -0.2) is 4.98 Å². The van der Waals surface area contributed by atoms with Gasteiger partial charge in [0.2, 0.25) is 0 Å². The van der Waals surface area contributed by atoms with E-state index in [2.05, 4.69) is 4.98 Å². The first kappa shape index (κ1) is 6.16. The SMILES string of the molecule is O=CC=Cc1cscn1. The van der Waals surface area contributed by atoms with Crippen molar-refractivity contribution in [2.24, 2.45) is 0 Å². The summed E-state index contributed by atoms with van der Waals surface area (Å²) in [6, 6.07) is 0. The summed E-state index contributed by atoms with van der Waals surface area (Å²) in [5, 5.41) is 1.88. The van der Waals surface area contributed by atoms with E-state index in [0.717, 1.165) is 12.0 Å². The first-order valence-corrected chi connectivity index (χ1v) is 3.38. The van der Waals surface area contributed by atoms with Gasteiger partial charge in [0.15, 0.2) is 0 Å².